The highest BCUT2D eigenvalue weighted by molar-refractivity contribution is 6.83. The lowest BCUT2D eigenvalue weighted by atomic mass is 10.2. The second kappa shape index (κ2) is 4.52. The molecule has 1 rings (SSSR count). The Hall–Kier alpha value is -0.563. The summed E-state index contributed by atoms with van der Waals surface area (Å²) in [5.41, 5.74) is 1.43. The van der Waals surface area contributed by atoms with Gasteiger partial charge in [-0.25, -0.2) is 0 Å². The second-order valence-corrected chi connectivity index (χ2v) is 11.2. The van der Waals surface area contributed by atoms with Crippen molar-refractivity contribution >= 4 is 8.07 Å². The van der Waals surface area contributed by atoms with Crippen LogP contribution in [0.25, 0.3) is 0 Å². The molecule has 1 radical (unpaired) electrons. The van der Waals surface area contributed by atoms with Crippen molar-refractivity contribution in [3.8, 4) is 0 Å². The lowest BCUT2D eigenvalue weighted by Crippen LogP contribution is -2.38. The Labute approximate surface area is 95.7 Å². The monoisotopic (exact) mass is 219 g/mol. The Morgan fingerprint density at radius 3 is 2.07 bits per heavy atom. The fourth-order valence-corrected chi connectivity index (χ4v) is 2.65. The van der Waals surface area contributed by atoms with Crippen molar-refractivity contribution in [3.63, 3.8) is 0 Å². The van der Waals surface area contributed by atoms with Gasteiger partial charge in [-0.05, 0) is 23.1 Å². The van der Waals surface area contributed by atoms with E-state index in [2.05, 4.69) is 70.2 Å². The molecule has 0 atom stereocenters. The molecule has 0 spiro atoms. The number of benzene rings is 1. The Morgan fingerprint density at radius 1 is 1.07 bits per heavy atom. The summed E-state index contributed by atoms with van der Waals surface area (Å²) in [4.78, 5) is 0. The zero-order valence-electron chi connectivity index (χ0n) is 10.7. The van der Waals surface area contributed by atoms with Crippen molar-refractivity contribution in [2.45, 2.75) is 45.3 Å². The van der Waals surface area contributed by atoms with Crippen LogP contribution in [-0.4, -0.2) is 8.07 Å². The molecule has 0 N–H and O–H groups in total. The maximum Gasteiger partial charge on any atom is 0.0562 e. The SMILES string of the molecule is CC(C)(C)[Si](C)(C)[CH]Cc1ccccc1. The molecule has 0 aliphatic heterocycles. The molecule has 0 heterocycles. The van der Waals surface area contributed by atoms with Crippen LogP contribution in [0.5, 0.6) is 0 Å². The van der Waals surface area contributed by atoms with E-state index in [1.54, 1.807) is 0 Å². The van der Waals surface area contributed by atoms with E-state index in [1.165, 1.54) is 5.56 Å². The molecule has 1 aromatic rings. The van der Waals surface area contributed by atoms with Crippen LogP contribution in [0.1, 0.15) is 26.3 Å². The van der Waals surface area contributed by atoms with Gasteiger partial charge in [-0.2, -0.15) is 0 Å². The van der Waals surface area contributed by atoms with Crippen LogP contribution in [0.2, 0.25) is 18.1 Å². The van der Waals surface area contributed by atoms with Crippen LogP contribution >= 0.6 is 0 Å². The summed E-state index contributed by atoms with van der Waals surface area (Å²) in [6.45, 7) is 12.0. The minimum atomic E-state index is -1.21. The number of hydrogen-bond donors (Lipinski definition) is 0. The van der Waals surface area contributed by atoms with Gasteiger partial charge in [0.25, 0.3) is 0 Å². The first-order valence-corrected chi connectivity index (χ1v) is 8.79. The standard InChI is InChI=1S/C14H23Si/c1-14(2,3)15(4,5)12-11-13-9-7-6-8-10-13/h6-10,12H,11H2,1-5H3. The summed E-state index contributed by atoms with van der Waals surface area (Å²) in [5.74, 6) is 0. The summed E-state index contributed by atoms with van der Waals surface area (Å²) >= 11 is 0. The maximum atomic E-state index is 2.57. The van der Waals surface area contributed by atoms with Gasteiger partial charge in [0.1, 0.15) is 0 Å². The smallest absolute Gasteiger partial charge is 0.0562 e. The molecule has 0 aliphatic rings. The summed E-state index contributed by atoms with van der Waals surface area (Å²) in [5, 5.41) is 0.460. The average molecular weight is 219 g/mol. The molecule has 1 heteroatoms. The summed E-state index contributed by atoms with van der Waals surface area (Å²) in [6.07, 6.45) is 1.12. The molecule has 0 unspecified atom stereocenters. The van der Waals surface area contributed by atoms with Crippen LogP contribution in [0.15, 0.2) is 30.3 Å². The third-order valence-electron chi connectivity index (χ3n) is 3.62. The summed E-state index contributed by atoms with van der Waals surface area (Å²) in [6, 6.07) is 13.3. The van der Waals surface area contributed by atoms with Crippen molar-refractivity contribution in [1.29, 1.82) is 0 Å². The Kier molecular flexibility index (Phi) is 3.77. The van der Waals surface area contributed by atoms with Gasteiger partial charge in [0.05, 0.1) is 8.07 Å². The first-order chi connectivity index (χ1) is 6.83. The highest BCUT2D eigenvalue weighted by atomic mass is 28.3. The lowest BCUT2D eigenvalue weighted by Gasteiger charge is -2.36. The van der Waals surface area contributed by atoms with Crippen LogP contribution in [-0.2, 0) is 6.42 Å². The Balaban J connectivity index is 2.58. The second-order valence-electron chi connectivity index (χ2n) is 5.87. The van der Waals surface area contributed by atoms with E-state index in [9.17, 15) is 0 Å². The number of rotatable bonds is 3. The van der Waals surface area contributed by atoms with Crippen LogP contribution in [0, 0.1) is 6.04 Å². The minimum absolute atomic E-state index is 0.460. The van der Waals surface area contributed by atoms with Crippen LogP contribution < -0.4 is 0 Å². The van der Waals surface area contributed by atoms with Gasteiger partial charge in [0.15, 0.2) is 0 Å². The topological polar surface area (TPSA) is 0 Å². The average Bonchev–Trinajstić information content (AvgIpc) is 2.15. The lowest BCUT2D eigenvalue weighted by molar-refractivity contribution is 0.722. The predicted octanol–water partition coefficient (Wildman–Crippen LogP) is 4.48. The molecule has 0 amide bonds. The van der Waals surface area contributed by atoms with E-state index in [0.717, 1.165) is 6.42 Å². The fourth-order valence-electron chi connectivity index (χ4n) is 1.29. The fraction of sp³-hybridized carbons (Fsp3) is 0.500. The molecule has 0 fully saturated rings. The predicted molar refractivity (Wildman–Crippen MR) is 71.6 cm³/mol. The van der Waals surface area contributed by atoms with Gasteiger partial charge in [0, 0.05) is 0 Å². The third kappa shape index (κ3) is 3.49. The Morgan fingerprint density at radius 2 is 1.60 bits per heavy atom. The van der Waals surface area contributed by atoms with Crippen molar-refractivity contribution in [3.05, 3.63) is 41.9 Å². The largest absolute Gasteiger partial charge is 0.0688 e. The zero-order chi connectivity index (χ0) is 11.5. The first kappa shape index (κ1) is 12.5. The molecule has 0 saturated carbocycles. The molecule has 0 bridgehead atoms. The molecular formula is C14H23Si. The molecule has 0 aliphatic carbocycles. The van der Waals surface area contributed by atoms with Gasteiger partial charge in [-0.3, -0.25) is 0 Å². The van der Waals surface area contributed by atoms with E-state index in [-0.39, 0.29) is 0 Å². The highest BCUT2D eigenvalue weighted by Crippen LogP contribution is 2.38. The molecule has 15 heavy (non-hydrogen) atoms. The summed E-state index contributed by atoms with van der Waals surface area (Å²) in [7, 11) is -1.21. The number of hydrogen-bond acceptors (Lipinski definition) is 0. The van der Waals surface area contributed by atoms with E-state index in [4.69, 9.17) is 0 Å². The third-order valence-corrected chi connectivity index (χ3v) is 8.71. The maximum absolute atomic E-state index is 2.57. The van der Waals surface area contributed by atoms with E-state index < -0.39 is 8.07 Å². The van der Waals surface area contributed by atoms with Gasteiger partial charge in [-0.15, -0.1) is 0 Å². The molecular weight excluding hydrogens is 196 g/mol. The summed E-state index contributed by atoms with van der Waals surface area (Å²) < 4.78 is 0. The van der Waals surface area contributed by atoms with E-state index in [1.807, 2.05) is 0 Å². The molecule has 83 valence electrons. The quantitative estimate of drug-likeness (QED) is 0.658. The van der Waals surface area contributed by atoms with Gasteiger partial charge >= 0.3 is 0 Å². The van der Waals surface area contributed by atoms with Gasteiger partial charge in [0.2, 0.25) is 0 Å². The van der Waals surface area contributed by atoms with Crippen LogP contribution in [0.3, 0.4) is 0 Å². The minimum Gasteiger partial charge on any atom is -0.0688 e. The van der Waals surface area contributed by atoms with Crippen molar-refractivity contribution in [2.75, 3.05) is 0 Å². The zero-order valence-corrected chi connectivity index (χ0v) is 11.7. The van der Waals surface area contributed by atoms with Crippen molar-refractivity contribution in [1.82, 2.24) is 0 Å². The molecule has 0 saturated heterocycles. The molecule has 0 nitrogen and oxygen atoms in total. The highest BCUT2D eigenvalue weighted by Gasteiger charge is 2.34. The molecule has 0 aromatic heterocycles. The van der Waals surface area contributed by atoms with Crippen molar-refractivity contribution < 1.29 is 0 Å². The van der Waals surface area contributed by atoms with E-state index >= 15 is 0 Å². The van der Waals surface area contributed by atoms with E-state index in [0.29, 0.717) is 5.04 Å². The van der Waals surface area contributed by atoms with Crippen molar-refractivity contribution in [2.24, 2.45) is 0 Å². The molecule has 1 aromatic carbocycles. The normalized spacial score (nSPS) is 12.9. The van der Waals surface area contributed by atoms with Gasteiger partial charge < -0.3 is 0 Å². The van der Waals surface area contributed by atoms with Gasteiger partial charge in [-0.1, -0.05) is 64.2 Å². The Bertz CT molecular complexity index is 293. The first-order valence-electron chi connectivity index (χ1n) is 5.71. The van der Waals surface area contributed by atoms with Crippen LogP contribution in [0.4, 0.5) is 0 Å².